The molecule has 0 radical (unpaired) electrons. The molecule has 0 N–H and O–H groups in total. The van der Waals surface area contributed by atoms with Crippen LogP contribution in [0.25, 0.3) is 0 Å². The number of hydrogen-bond donors (Lipinski definition) is 0. The lowest BCUT2D eigenvalue weighted by Crippen LogP contribution is -1.62. The standard InChI is InChI=1S/C2H5PS2/c1-2-4-5-3-1/h3H,1-2H2. The first-order valence-corrected chi connectivity index (χ1v) is 5.76. The van der Waals surface area contributed by atoms with Crippen molar-refractivity contribution in [2.75, 3.05) is 11.9 Å². The van der Waals surface area contributed by atoms with E-state index in [-0.39, 0.29) is 0 Å². The summed E-state index contributed by atoms with van der Waals surface area (Å²) in [6.45, 7) is 0. The summed E-state index contributed by atoms with van der Waals surface area (Å²) in [4.78, 5) is 0. The van der Waals surface area contributed by atoms with E-state index < -0.39 is 0 Å². The third-order valence-electron chi connectivity index (χ3n) is 0.405. The maximum atomic E-state index is 2.02. The van der Waals surface area contributed by atoms with Crippen LogP contribution in [0.4, 0.5) is 0 Å². The van der Waals surface area contributed by atoms with Gasteiger partial charge in [-0.25, -0.2) is 0 Å². The van der Waals surface area contributed by atoms with Crippen molar-refractivity contribution < 1.29 is 0 Å². The molecule has 1 unspecified atom stereocenters. The minimum atomic E-state index is 1.19. The van der Waals surface area contributed by atoms with E-state index in [9.17, 15) is 0 Å². The maximum Gasteiger partial charge on any atom is 0.00849 e. The Morgan fingerprint density at radius 2 is 2.60 bits per heavy atom. The van der Waals surface area contributed by atoms with Crippen LogP contribution in [0, 0.1) is 0 Å². The van der Waals surface area contributed by atoms with Crippen LogP contribution in [0.3, 0.4) is 0 Å². The molecule has 0 saturated carbocycles. The average Bonchev–Trinajstić information content (AvgIpc) is 1.76. The summed E-state index contributed by atoms with van der Waals surface area (Å²) in [6.07, 6.45) is 1.45. The Morgan fingerprint density at radius 1 is 1.60 bits per heavy atom. The summed E-state index contributed by atoms with van der Waals surface area (Å²) >= 11 is 0. The van der Waals surface area contributed by atoms with Crippen LogP contribution in [-0.4, -0.2) is 11.9 Å². The monoisotopic (exact) mass is 124 g/mol. The van der Waals surface area contributed by atoms with E-state index in [0.29, 0.717) is 0 Å². The number of hydrogen-bond acceptors (Lipinski definition) is 2. The first kappa shape index (κ1) is 4.29. The van der Waals surface area contributed by atoms with Crippen LogP contribution < -0.4 is 0 Å². The van der Waals surface area contributed by atoms with Gasteiger partial charge in [-0.3, -0.25) is 0 Å². The highest BCUT2D eigenvalue weighted by Gasteiger charge is 1.96. The van der Waals surface area contributed by atoms with E-state index in [4.69, 9.17) is 0 Å². The van der Waals surface area contributed by atoms with Crippen LogP contribution >= 0.6 is 29.0 Å². The molecule has 5 heavy (non-hydrogen) atoms. The molecule has 1 atom stereocenters. The lowest BCUT2D eigenvalue weighted by molar-refractivity contribution is 1.58. The molecule has 1 heterocycles. The van der Waals surface area contributed by atoms with Gasteiger partial charge in [-0.15, -0.1) is 0 Å². The second-order valence-corrected chi connectivity index (χ2v) is 5.97. The van der Waals surface area contributed by atoms with Gasteiger partial charge in [0.1, 0.15) is 0 Å². The average molecular weight is 124 g/mol. The van der Waals surface area contributed by atoms with E-state index in [1.807, 2.05) is 21.2 Å². The van der Waals surface area contributed by atoms with Crippen LogP contribution in [0.2, 0.25) is 0 Å². The van der Waals surface area contributed by atoms with Crippen molar-refractivity contribution in [3.8, 4) is 0 Å². The Balaban J connectivity index is 2.08. The second-order valence-electron chi connectivity index (χ2n) is 0.800. The molecule has 0 aromatic rings. The van der Waals surface area contributed by atoms with Gasteiger partial charge in [0, 0.05) is 5.75 Å². The van der Waals surface area contributed by atoms with E-state index >= 15 is 0 Å². The van der Waals surface area contributed by atoms with Gasteiger partial charge in [-0.1, -0.05) is 21.2 Å². The lowest BCUT2D eigenvalue weighted by Gasteiger charge is -1.68. The van der Waals surface area contributed by atoms with E-state index in [1.54, 1.807) is 0 Å². The molecule has 1 aliphatic rings. The minimum Gasteiger partial charge on any atom is -0.0895 e. The summed E-state index contributed by atoms with van der Waals surface area (Å²) in [5.41, 5.74) is 0. The normalized spacial score (nSPS) is 28.8. The summed E-state index contributed by atoms with van der Waals surface area (Å²) in [5.74, 6) is 1.39. The van der Waals surface area contributed by atoms with Crippen LogP contribution in [0.1, 0.15) is 0 Å². The van der Waals surface area contributed by atoms with E-state index in [2.05, 4.69) is 0 Å². The van der Waals surface area contributed by atoms with Gasteiger partial charge in [0.25, 0.3) is 0 Å². The maximum absolute atomic E-state index is 2.02. The molecular formula is C2H5PS2. The highest BCUT2D eigenvalue weighted by atomic mass is 33.3. The van der Waals surface area contributed by atoms with E-state index in [1.165, 1.54) is 19.7 Å². The summed E-state index contributed by atoms with van der Waals surface area (Å²) < 4.78 is 0. The number of rotatable bonds is 0. The van der Waals surface area contributed by atoms with Gasteiger partial charge in [0.15, 0.2) is 0 Å². The van der Waals surface area contributed by atoms with Crippen molar-refractivity contribution in [3.63, 3.8) is 0 Å². The molecule has 30 valence electrons. The van der Waals surface area contributed by atoms with Crippen molar-refractivity contribution in [1.82, 2.24) is 0 Å². The lowest BCUT2D eigenvalue weighted by atomic mass is 11.0. The quantitative estimate of drug-likeness (QED) is 0.357. The molecule has 0 aliphatic carbocycles. The van der Waals surface area contributed by atoms with Crippen molar-refractivity contribution in [2.45, 2.75) is 0 Å². The van der Waals surface area contributed by atoms with Crippen molar-refractivity contribution >= 4 is 29.0 Å². The van der Waals surface area contributed by atoms with Gasteiger partial charge < -0.3 is 0 Å². The first-order valence-electron chi connectivity index (χ1n) is 1.51. The molecule has 3 heteroatoms. The summed E-state index contributed by atoms with van der Waals surface area (Å²) in [5, 5.41) is 0. The molecule has 1 saturated heterocycles. The highest BCUT2D eigenvalue weighted by molar-refractivity contribution is 8.97. The smallest absolute Gasteiger partial charge is 0.00849 e. The topological polar surface area (TPSA) is 0 Å². The largest absolute Gasteiger partial charge is 0.0895 e. The molecular weight excluding hydrogens is 119 g/mol. The van der Waals surface area contributed by atoms with Gasteiger partial charge in [-0.05, 0) is 13.9 Å². The zero-order valence-electron chi connectivity index (χ0n) is 2.73. The molecule has 0 amide bonds. The fourth-order valence-corrected chi connectivity index (χ4v) is 5.62. The SMILES string of the molecule is C1CSSP1. The summed E-state index contributed by atoms with van der Waals surface area (Å²) in [7, 11) is 5.21. The fourth-order valence-electron chi connectivity index (χ4n) is 0.208. The zero-order chi connectivity index (χ0) is 3.54. The predicted octanol–water partition coefficient (Wildman–Crippen LogP) is 1.97. The van der Waals surface area contributed by atoms with Crippen molar-refractivity contribution in [3.05, 3.63) is 0 Å². The third-order valence-corrected chi connectivity index (χ3v) is 5.77. The molecule has 1 rings (SSSR count). The Bertz CT molecular complexity index is 19.2. The zero-order valence-corrected chi connectivity index (χ0v) is 5.36. The predicted molar refractivity (Wildman–Crippen MR) is 33.2 cm³/mol. The van der Waals surface area contributed by atoms with Gasteiger partial charge in [0.2, 0.25) is 0 Å². The van der Waals surface area contributed by atoms with Crippen molar-refractivity contribution in [2.24, 2.45) is 0 Å². The molecule has 0 spiro atoms. The molecule has 1 fully saturated rings. The summed E-state index contributed by atoms with van der Waals surface area (Å²) in [6, 6.07) is 0. The molecule has 0 aromatic heterocycles. The van der Waals surface area contributed by atoms with Crippen LogP contribution in [0.5, 0.6) is 0 Å². The van der Waals surface area contributed by atoms with Crippen LogP contribution in [0.15, 0.2) is 0 Å². The van der Waals surface area contributed by atoms with Crippen molar-refractivity contribution in [1.29, 1.82) is 0 Å². The Hall–Kier alpha value is 1.13. The first-order chi connectivity index (χ1) is 2.50. The van der Waals surface area contributed by atoms with Gasteiger partial charge in [-0.2, -0.15) is 0 Å². The Labute approximate surface area is 41.4 Å². The Morgan fingerprint density at radius 3 is 2.80 bits per heavy atom. The van der Waals surface area contributed by atoms with E-state index in [0.717, 1.165) is 0 Å². The highest BCUT2D eigenvalue weighted by Crippen LogP contribution is 2.47. The second kappa shape index (κ2) is 2.33. The Kier molecular flexibility index (Phi) is 2.00. The molecule has 0 aromatic carbocycles. The van der Waals surface area contributed by atoms with Crippen LogP contribution in [-0.2, 0) is 0 Å². The fraction of sp³-hybridized carbons (Fsp3) is 1.00. The molecule has 1 aliphatic heterocycles. The van der Waals surface area contributed by atoms with Gasteiger partial charge >= 0.3 is 0 Å². The third kappa shape index (κ3) is 1.34. The van der Waals surface area contributed by atoms with Gasteiger partial charge in [0.05, 0.1) is 0 Å². The molecule has 0 bridgehead atoms. The minimum absolute atomic E-state index is 1.19. The molecule has 0 nitrogen and oxygen atoms in total.